The lowest BCUT2D eigenvalue weighted by Gasteiger charge is -2.15. The summed E-state index contributed by atoms with van der Waals surface area (Å²) < 4.78 is 43.4. The molecule has 0 aromatic heterocycles. The second kappa shape index (κ2) is 8.09. The van der Waals surface area contributed by atoms with E-state index in [1.807, 2.05) is 6.92 Å². The van der Waals surface area contributed by atoms with E-state index >= 15 is 0 Å². The van der Waals surface area contributed by atoms with Crippen LogP contribution in [0.15, 0.2) is 41.3 Å². The number of methoxy groups -OCH3 is 2. The van der Waals surface area contributed by atoms with Crippen LogP contribution < -0.4 is 18.9 Å². The van der Waals surface area contributed by atoms with Crippen LogP contribution in [0.5, 0.6) is 17.2 Å². The zero-order valence-corrected chi connectivity index (χ0v) is 15.8. The molecule has 26 heavy (non-hydrogen) atoms. The van der Waals surface area contributed by atoms with Gasteiger partial charge < -0.3 is 14.2 Å². The fourth-order valence-electron chi connectivity index (χ4n) is 2.34. The SMILES string of the molecule is CCOc1ccc(S(=O)(=O)Nc2cc(OC)c(OC)cc2C(C)=O)cc1. The summed E-state index contributed by atoms with van der Waals surface area (Å²) in [4.78, 5) is 12.0. The van der Waals surface area contributed by atoms with E-state index < -0.39 is 10.0 Å². The van der Waals surface area contributed by atoms with Crippen LogP contribution >= 0.6 is 0 Å². The Labute approximate surface area is 152 Å². The van der Waals surface area contributed by atoms with Gasteiger partial charge in [0.05, 0.1) is 31.4 Å². The molecule has 0 atom stereocenters. The molecule has 2 rings (SSSR count). The van der Waals surface area contributed by atoms with Crippen LogP contribution in [0.4, 0.5) is 5.69 Å². The van der Waals surface area contributed by atoms with Crippen LogP contribution in [0.2, 0.25) is 0 Å². The van der Waals surface area contributed by atoms with Crippen molar-refractivity contribution in [1.82, 2.24) is 0 Å². The highest BCUT2D eigenvalue weighted by Crippen LogP contribution is 2.34. The largest absolute Gasteiger partial charge is 0.494 e. The number of rotatable bonds is 8. The van der Waals surface area contributed by atoms with E-state index in [0.29, 0.717) is 23.9 Å². The third kappa shape index (κ3) is 4.26. The topological polar surface area (TPSA) is 90.9 Å². The first-order chi connectivity index (χ1) is 12.3. The number of hydrogen-bond donors (Lipinski definition) is 1. The maximum atomic E-state index is 12.7. The van der Waals surface area contributed by atoms with Crippen molar-refractivity contribution in [2.75, 3.05) is 25.5 Å². The van der Waals surface area contributed by atoms with Gasteiger partial charge in [-0.05, 0) is 44.2 Å². The predicted molar refractivity (Wildman–Crippen MR) is 98.0 cm³/mol. The minimum atomic E-state index is -3.90. The normalized spacial score (nSPS) is 10.9. The number of carbonyl (C=O) groups is 1. The molecule has 0 saturated heterocycles. The summed E-state index contributed by atoms with van der Waals surface area (Å²) in [5.41, 5.74) is 0.293. The van der Waals surface area contributed by atoms with Crippen molar-refractivity contribution in [3.05, 3.63) is 42.0 Å². The lowest BCUT2D eigenvalue weighted by atomic mass is 10.1. The van der Waals surface area contributed by atoms with Gasteiger partial charge in [0.1, 0.15) is 5.75 Å². The number of anilines is 1. The Morgan fingerprint density at radius 3 is 2.12 bits per heavy atom. The molecule has 0 saturated carbocycles. The van der Waals surface area contributed by atoms with Gasteiger partial charge in [0, 0.05) is 11.6 Å². The third-order valence-corrected chi connectivity index (χ3v) is 4.97. The highest BCUT2D eigenvalue weighted by atomic mass is 32.2. The first-order valence-electron chi connectivity index (χ1n) is 7.85. The summed E-state index contributed by atoms with van der Waals surface area (Å²) >= 11 is 0. The number of ketones is 1. The van der Waals surface area contributed by atoms with E-state index in [0.717, 1.165) is 0 Å². The molecule has 0 aliphatic heterocycles. The molecule has 0 aliphatic carbocycles. The van der Waals surface area contributed by atoms with Gasteiger partial charge in [0.15, 0.2) is 17.3 Å². The lowest BCUT2D eigenvalue weighted by molar-refractivity contribution is 0.101. The molecule has 0 fully saturated rings. The number of Topliss-reactive ketones (excluding diaryl/α,β-unsaturated/α-hetero) is 1. The molecule has 0 unspecified atom stereocenters. The number of carbonyl (C=O) groups excluding carboxylic acids is 1. The van der Waals surface area contributed by atoms with Crippen molar-refractivity contribution in [3.8, 4) is 17.2 Å². The minimum absolute atomic E-state index is 0.0465. The summed E-state index contributed by atoms with van der Waals surface area (Å²) in [6.45, 7) is 3.67. The second-order valence-electron chi connectivity index (χ2n) is 5.32. The van der Waals surface area contributed by atoms with Crippen molar-refractivity contribution >= 4 is 21.5 Å². The van der Waals surface area contributed by atoms with E-state index in [9.17, 15) is 13.2 Å². The molecule has 2 aromatic carbocycles. The number of hydrogen-bond acceptors (Lipinski definition) is 6. The average molecular weight is 379 g/mol. The van der Waals surface area contributed by atoms with E-state index in [2.05, 4.69) is 4.72 Å². The van der Waals surface area contributed by atoms with Crippen LogP contribution in [-0.4, -0.2) is 35.0 Å². The van der Waals surface area contributed by atoms with Crippen LogP contribution in [0.25, 0.3) is 0 Å². The Balaban J connectivity index is 2.43. The monoisotopic (exact) mass is 379 g/mol. The zero-order valence-electron chi connectivity index (χ0n) is 15.0. The van der Waals surface area contributed by atoms with Crippen LogP contribution in [0.1, 0.15) is 24.2 Å². The molecule has 2 aromatic rings. The summed E-state index contributed by atoms with van der Waals surface area (Å²) in [6, 6.07) is 8.86. The Morgan fingerprint density at radius 1 is 1.04 bits per heavy atom. The van der Waals surface area contributed by atoms with Gasteiger partial charge in [-0.2, -0.15) is 0 Å². The highest BCUT2D eigenvalue weighted by Gasteiger charge is 2.20. The third-order valence-electron chi connectivity index (χ3n) is 3.59. The van der Waals surface area contributed by atoms with Gasteiger partial charge in [-0.3, -0.25) is 9.52 Å². The Morgan fingerprint density at radius 2 is 1.62 bits per heavy atom. The second-order valence-corrected chi connectivity index (χ2v) is 7.00. The van der Waals surface area contributed by atoms with Crippen LogP contribution in [-0.2, 0) is 10.0 Å². The molecule has 7 nitrogen and oxygen atoms in total. The van der Waals surface area contributed by atoms with Crippen molar-refractivity contribution in [2.45, 2.75) is 18.7 Å². The zero-order chi connectivity index (χ0) is 19.3. The predicted octanol–water partition coefficient (Wildman–Crippen LogP) is 3.11. The van der Waals surface area contributed by atoms with Gasteiger partial charge in [-0.25, -0.2) is 8.42 Å². The molecule has 0 amide bonds. The van der Waals surface area contributed by atoms with Crippen LogP contribution in [0, 0.1) is 0 Å². The van der Waals surface area contributed by atoms with Gasteiger partial charge in [-0.15, -0.1) is 0 Å². The van der Waals surface area contributed by atoms with Gasteiger partial charge in [-0.1, -0.05) is 0 Å². The van der Waals surface area contributed by atoms with E-state index in [1.54, 1.807) is 12.1 Å². The van der Waals surface area contributed by atoms with E-state index in [1.165, 1.54) is 45.4 Å². The standard InChI is InChI=1S/C18H21NO6S/c1-5-25-13-6-8-14(9-7-13)26(21,22)19-16-11-18(24-4)17(23-3)10-15(16)12(2)20/h6-11,19H,5H2,1-4H3. The molecule has 8 heteroatoms. The smallest absolute Gasteiger partial charge is 0.261 e. The fourth-order valence-corrected chi connectivity index (χ4v) is 3.41. The molecular formula is C18H21NO6S. The van der Waals surface area contributed by atoms with E-state index in [-0.39, 0.29) is 21.9 Å². The Bertz CT molecular complexity index is 891. The molecule has 0 radical (unpaired) electrons. The quantitative estimate of drug-likeness (QED) is 0.709. The first-order valence-corrected chi connectivity index (χ1v) is 9.33. The fraction of sp³-hybridized carbons (Fsp3) is 0.278. The summed E-state index contributed by atoms with van der Waals surface area (Å²) in [5.74, 6) is 0.904. The van der Waals surface area contributed by atoms with Crippen LogP contribution in [0.3, 0.4) is 0 Å². The summed E-state index contributed by atoms with van der Waals surface area (Å²) in [7, 11) is -1.04. The van der Waals surface area contributed by atoms with Crippen molar-refractivity contribution in [2.24, 2.45) is 0 Å². The molecule has 0 bridgehead atoms. The number of sulfonamides is 1. The molecule has 0 spiro atoms. The minimum Gasteiger partial charge on any atom is -0.494 e. The van der Waals surface area contributed by atoms with Crippen molar-refractivity contribution < 1.29 is 27.4 Å². The maximum Gasteiger partial charge on any atom is 0.261 e. The summed E-state index contributed by atoms with van der Waals surface area (Å²) in [6.07, 6.45) is 0. The van der Waals surface area contributed by atoms with Crippen molar-refractivity contribution in [3.63, 3.8) is 0 Å². The number of nitrogens with one attached hydrogen (secondary N) is 1. The average Bonchev–Trinajstić information content (AvgIpc) is 2.61. The number of ether oxygens (including phenoxy) is 3. The molecule has 0 aliphatic rings. The molecule has 1 N–H and O–H groups in total. The first kappa shape index (κ1) is 19.6. The van der Waals surface area contributed by atoms with Gasteiger partial charge in [0.2, 0.25) is 0 Å². The maximum absolute atomic E-state index is 12.7. The van der Waals surface area contributed by atoms with E-state index in [4.69, 9.17) is 14.2 Å². The van der Waals surface area contributed by atoms with Crippen molar-refractivity contribution in [1.29, 1.82) is 0 Å². The Kier molecular flexibility index (Phi) is 6.10. The number of benzene rings is 2. The molecular weight excluding hydrogens is 358 g/mol. The van der Waals surface area contributed by atoms with Gasteiger partial charge in [0.25, 0.3) is 10.0 Å². The molecule has 140 valence electrons. The van der Waals surface area contributed by atoms with Gasteiger partial charge >= 0.3 is 0 Å². The molecule has 0 heterocycles. The Hall–Kier alpha value is -2.74. The summed E-state index contributed by atoms with van der Waals surface area (Å²) in [5, 5.41) is 0. The lowest BCUT2D eigenvalue weighted by Crippen LogP contribution is -2.15. The highest BCUT2D eigenvalue weighted by molar-refractivity contribution is 7.92.